The Balaban J connectivity index is 1.36. The molecule has 1 aliphatic rings. The summed E-state index contributed by atoms with van der Waals surface area (Å²) in [5.74, 6) is -0.942. The first-order valence-electron chi connectivity index (χ1n) is 13.4. The van der Waals surface area contributed by atoms with E-state index < -0.39 is 5.97 Å². The molecule has 200 valence electrons. The number of carboxylic acids is 1. The zero-order chi connectivity index (χ0) is 27.4. The number of carbonyl (C=O) groups is 2. The molecule has 1 amide bonds. The number of aromatic nitrogens is 3. The largest absolute Gasteiger partial charge is 0.481 e. The maximum Gasteiger partial charge on any atom is 0.303 e. The molecule has 1 aromatic heterocycles. The molecule has 3 aromatic carbocycles. The Bertz CT molecular complexity index is 1560. The number of aryl methyl sites for hydroxylation is 1. The van der Waals surface area contributed by atoms with E-state index in [0.717, 1.165) is 53.6 Å². The third-order valence-electron chi connectivity index (χ3n) is 7.77. The van der Waals surface area contributed by atoms with Crippen molar-refractivity contribution in [2.75, 3.05) is 5.32 Å². The number of aliphatic carboxylic acids is 1. The predicted molar refractivity (Wildman–Crippen MR) is 150 cm³/mol. The lowest BCUT2D eigenvalue weighted by Crippen LogP contribution is -2.27. The Labute approximate surface area is 226 Å². The lowest BCUT2D eigenvalue weighted by atomic mass is 9.83. The fourth-order valence-corrected chi connectivity index (χ4v) is 5.60. The summed E-state index contributed by atoms with van der Waals surface area (Å²) in [6.07, 6.45) is 4.69. The Morgan fingerprint density at radius 3 is 2.51 bits per heavy atom. The van der Waals surface area contributed by atoms with E-state index in [1.54, 1.807) is 12.1 Å². The monoisotopic (exact) mass is 524 g/mol. The maximum atomic E-state index is 13.7. The van der Waals surface area contributed by atoms with Crippen LogP contribution < -0.4 is 10.9 Å². The van der Waals surface area contributed by atoms with Gasteiger partial charge >= 0.3 is 5.97 Å². The summed E-state index contributed by atoms with van der Waals surface area (Å²) in [6.45, 7) is 2.21. The summed E-state index contributed by atoms with van der Waals surface area (Å²) in [5.41, 5.74) is 4.77. The van der Waals surface area contributed by atoms with Crippen LogP contribution >= 0.6 is 0 Å². The molecule has 0 radical (unpaired) electrons. The summed E-state index contributed by atoms with van der Waals surface area (Å²) in [6, 6.07) is 20.7. The van der Waals surface area contributed by atoms with Crippen molar-refractivity contribution in [2.24, 2.45) is 5.92 Å². The van der Waals surface area contributed by atoms with Gasteiger partial charge in [0.25, 0.3) is 5.56 Å². The van der Waals surface area contributed by atoms with Crippen LogP contribution in [0.1, 0.15) is 60.3 Å². The van der Waals surface area contributed by atoms with Gasteiger partial charge in [-0.2, -0.15) is 0 Å². The quantitative estimate of drug-likeness (QED) is 0.316. The standard InChI is InChI=1S/C31H32N4O4/c1-20-22(17-18-28(36)37)9-6-12-26(20)32-30(38)29(23-7-2-3-8-23)24-15-13-21(14-16-24)19-35-31(39)25-10-4-5-11-27(25)33-34-35/h4-6,9-16,23,29H,2-3,7-8,17-19H2,1H3,(H,32,38)(H,36,37). The van der Waals surface area contributed by atoms with Crippen molar-refractivity contribution in [3.8, 4) is 0 Å². The summed E-state index contributed by atoms with van der Waals surface area (Å²) in [5, 5.41) is 21.0. The predicted octanol–water partition coefficient (Wildman–Crippen LogP) is 5.08. The van der Waals surface area contributed by atoms with Crippen molar-refractivity contribution in [2.45, 2.75) is 57.9 Å². The Hall–Kier alpha value is -4.33. The molecule has 1 atom stereocenters. The highest BCUT2D eigenvalue weighted by atomic mass is 16.4. The van der Waals surface area contributed by atoms with E-state index in [-0.39, 0.29) is 29.7 Å². The number of nitrogens with zero attached hydrogens (tertiary/aromatic N) is 3. The number of fused-ring (bicyclic) bond motifs is 1. The second-order valence-corrected chi connectivity index (χ2v) is 10.3. The number of benzene rings is 3. The highest BCUT2D eigenvalue weighted by Crippen LogP contribution is 2.38. The third kappa shape index (κ3) is 5.90. The van der Waals surface area contributed by atoms with Crippen molar-refractivity contribution in [3.63, 3.8) is 0 Å². The average molecular weight is 525 g/mol. The van der Waals surface area contributed by atoms with Gasteiger partial charge in [-0.3, -0.25) is 14.4 Å². The molecule has 4 aromatic rings. The Kier molecular flexibility index (Phi) is 7.81. The molecule has 0 aliphatic heterocycles. The van der Waals surface area contributed by atoms with E-state index in [4.69, 9.17) is 5.11 Å². The lowest BCUT2D eigenvalue weighted by Gasteiger charge is -2.24. The van der Waals surface area contributed by atoms with Crippen LogP contribution in [0.2, 0.25) is 0 Å². The van der Waals surface area contributed by atoms with E-state index in [9.17, 15) is 14.4 Å². The van der Waals surface area contributed by atoms with Crippen molar-refractivity contribution >= 4 is 28.5 Å². The first-order valence-corrected chi connectivity index (χ1v) is 13.4. The zero-order valence-corrected chi connectivity index (χ0v) is 22.0. The van der Waals surface area contributed by atoms with E-state index in [2.05, 4.69) is 15.6 Å². The number of carbonyl (C=O) groups excluding carboxylic acids is 1. The van der Waals surface area contributed by atoms with Crippen LogP contribution in [-0.2, 0) is 22.6 Å². The molecule has 1 aliphatic carbocycles. The van der Waals surface area contributed by atoms with Crippen molar-refractivity contribution in [1.82, 2.24) is 15.0 Å². The average Bonchev–Trinajstić information content (AvgIpc) is 3.46. The first kappa shape index (κ1) is 26.3. The smallest absolute Gasteiger partial charge is 0.303 e. The van der Waals surface area contributed by atoms with Gasteiger partial charge in [-0.05, 0) is 72.6 Å². The van der Waals surface area contributed by atoms with Crippen LogP contribution in [0.4, 0.5) is 5.69 Å². The zero-order valence-electron chi connectivity index (χ0n) is 22.0. The van der Waals surface area contributed by atoms with Crippen LogP contribution in [0.15, 0.2) is 71.5 Å². The second kappa shape index (κ2) is 11.6. The number of amides is 1. The van der Waals surface area contributed by atoms with Crippen LogP contribution in [0.25, 0.3) is 10.9 Å². The number of rotatable bonds is 9. The van der Waals surface area contributed by atoms with Gasteiger partial charge < -0.3 is 10.4 Å². The molecule has 8 nitrogen and oxygen atoms in total. The molecule has 39 heavy (non-hydrogen) atoms. The van der Waals surface area contributed by atoms with E-state index >= 15 is 0 Å². The van der Waals surface area contributed by atoms with Crippen LogP contribution in [0.3, 0.4) is 0 Å². The number of hydrogen-bond donors (Lipinski definition) is 2. The highest BCUT2D eigenvalue weighted by Gasteiger charge is 2.32. The Morgan fingerprint density at radius 2 is 1.77 bits per heavy atom. The van der Waals surface area contributed by atoms with Gasteiger partial charge in [0.05, 0.1) is 17.8 Å². The van der Waals surface area contributed by atoms with E-state index in [1.807, 2.05) is 61.5 Å². The molecule has 2 N–H and O–H groups in total. The molecule has 0 spiro atoms. The second-order valence-electron chi connectivity index (χ2n) is 10.3. The SMILES string of the molecule is Cc1c(CCC(=O)O)cccc1NC(=O)C(c1ccc(Cn2nnc3ccccc3c2=O)cc1)C1CCCC1. The normalized spacial score (nSPS) is 14.4. The topological polar surface area (TPSA) is 114 Å². The molecule has 1 fully saturated rings. The summed E-state index contributed by atoms with van der Waals surface area (Å²) in [4.78, 5) is 37.6. The van der Waals surface area contributed by atoms with Crippen molar-refractivity contribution < 1.29 is 14.7 Å². The third-order valence-corrected chi connectivity index (χ3v) is 7.77. The fourth-order valence-electron chi connectivity index (χ4n) is 5.60. The summed E-state index contributed by atoms with van der Waals surface area (Å²) >= 11 is 0. The first-order chi connectivity index (χ1) is 18.9. The number of anilines is 1. The molecular weight excluding hydrogens is 492 g/mol. The van der Waals surface area contributed by atoms with E-state index in [0.29, 0.717) is 23.9 Å². The molecule has 1 saturated carbocycles. The number of hydrogen-bond acceptors (Lipinski definition) is 5. The molecule has 0 saturated heterocycles. The summed E-state index contributed by atoms with van der Waals surface area (Å²) < 4.78 is 1.36. The van der Waals surface area contributed by atoms with Crippen LogP contribution in [-0.4, -0.2) is 32.0 Å². The minimum atomic E-state index is -0.842. The van der Waals surface area contributed by atoms with Crippen LogP contribution in [0.5, 0.6) is 0 Å². The Morgan fingerprint density at radius 1 is 1.03 bits per heavy atom. The maximum absolute atomic E-state index is 13.7. The minimum absolute atomic E-state index is 0.0478. The van der Waals surface area contributed by atoms with Gasteiger partial charge in [-0.1, -0.05) is 66.6 Å². The molecule has 1 unspecified atom stereocenters. The molecule has 5 rings (SSSR count). The molecule has 8 heteroatoms. The van der Waals surface area contributed by atoms with Gasteiger partial charge in [0.1, 0.15) is 5.52 Å². The molecular formula is C31H32N4O4. The van der Waals surface area contributed by atoms with Gasteiger partial charge in [-0.25, -0.2) is 4.68 Å². The minimum Gasteiger partial charge on any atom is -0.481 e. The van der Waals surface area contributed by atoms with Crippen LogP contribution in [0, 0.1) is 12.8 Å². The molecule has 0 bridgehead atoms. The van der Waals surface area contributed by atoms with Gasteiger partial charge in [0, 0.05) is 12.1 Å². The lowest BCUT2D eigenvalue weighted by molar-refractivity contribution is -0.137. The fraction of sp³-hybridized carbons (Fsp3) is 0.323. The summed E-state index contributed by atoms with van der Waals surface area (Å²) in [7, 11) is 0. The highest BCUT2D eigenvalue weighted by molar-refractivity contribution is 5.97. The van der Waals surface area contributed by atoms with Gasteiger partial charge in [0.15, 0.2) is 0 Å². The van der Waals surface area contributed by atoms with Crippen molar-refractivity contribution in [1.29, 1.82) is 0 Å². The van der Waals surface area contributed by atoms with E-state index in [1.165, 1.54) is 4.68 Å². The number of carboxylic acid groups (broad SMARTS) is 1. The van der Waals surface area contributed by atoms with Gasteiger partial charge in [-0.15, -0.1) is 5.10 Å². The molecule has 1 heterocycles. The van der Waals surface area contributed by atoms with Crippen molar-refractivity contribution in [3.05, 3.63) is 99.3 Å². The van der Waals surface area contributed by atoms with Gasteiger partial charge in [0.2, 0.25) is 5.91 Å². The number of nitrogens with one attached hydrogen (secondary N) is 1.